The minimum absolute atomic E-state index is 0.110. The summed E-state index contributed by atoms with van der Waals surface area (Å²) in [6.07, 6.45) is 6.06. The fourth-order valence-corrected chi connectivity index (χ4v) is 5.96. The van der Waals surface area contributed by atoms with E-state index >= 15 is 0 Å². The zero-order valence-electron chi connectivity index (χ0n) is 20.2. The van der Waals surface area contributed by atoms with Gasteiger partial charge in [-0.3, -0.25) is 5.32 Å². The topological polar surface area (TPSA) is 89.5 Å². The smallest absolute Gasteiger partial charge is 0.410 e. The summed E-state index contributed by atoms with van der Waals surface area (Å²) in [5.41, 5.74) is 1.93. The first-order valence-corrected chi connectivity index (χ1v) is 13.4. The van der Waals surface area contributed by atoms with E-state index in [1.165, 1.54) is 12.8 Å². The maximum absolute atomic E-state index is 12.2. The third-order valence-corrected chi connectivity index (χ3v) is 8.54. The lowest BCUT2D eigenvalue weighted by molar-refractivity contribution is 0.0985. The number of hydrogen-bond donors (Lipinski definition) is 1. The van der Waals surface area contributed by atoms with Crippen molar-refractivity contribution in [1.29, 1.82) is 0 Å². The summed E-state index contributed by atoms with van der Waals surface area (Å²) >= 11 is 2.09. The molecule has 1 unspecified atom stereocenters. The Labute approximate surface area is 214 Å². The fourth-order valence-electron chi connectivity index (χ4n) is 4.39. The van der Waals surface area contributed by atoms with Crippen LogP contribution in [0.3, 0.4) is 0 Å². The van der Waals surface area contributed by atoms with Gasteiger partial charge in [-0.15, -0.1) is 11.8 Å². The Hall–Kier alpha value is -3.17. The Morgan fingerprint density at radius 2 is 2.00 bits per heavy atom. The van der Waals surface area contributed by atoms with Crippen molar-refractivity contribution < 1.29 is 14.3 Å². The number of rotatable bonds is 7. The highest BCUT2D eigenvalue weighted by Crippen LogP contribution is 2.61. The summed E-state index contributed by atoms with van der Waals surface area (Å²) in [5.74, 6) is 2.48. The van der Waals surface area contributed by atoms with Gasteiger partial charge in [-0.25, -0.2) is 19.7 Å². The van der Waals surface area contributed by atoms with Crippen molar-refractivity contribution in [2.75, 3.05) is 30.0 Å². The predicted octanol–water partition coefficient (Wildman–Crippen LogP) is 5.26. The molecule has 36 heavy (non-hydrogen) atoms. The zero-order chi connectivity index (χ0) is 24.5. The van der Waals surface area contributed by atoms with E-state index in [4.69, 9.17) is 19.4 Å². The Balaban J connectivity index is 1.25. The number of thioether (sulfide) groups is 1. The van der Waals surface area contributed by atoms with E-state index < -0.39 is 6.09 Å². The van der Waals surface area contributed by atoms with Crippen molar-refractivity contribution >= 4 is 29.5 Å². The second-order valence-electron chi connectivity index (χ2n) is 9.62. The third-order valence-electron chi connectivity index (χ3n) is 6.67. The first-order chi connectivity index (χ1) is 17.6. The number of morpholine rings is 1. The van der Waals surface area contributed by atoms with Crippen LogP contribution in [0.25, 0.3) is 11.4 Å². The van der Waals surface area contributed by atoms with Gasteiger partial charge in [0.1, 0.15) is 17.4 Å². The number of amides is 1. The monoisotopic (exact) mass is 503 g/mol. The molecule has 3 aromatic rings. The van der Waals surface area contributed by atoms with Crippen LogP contribution < -0.4 is 15.0 Å². The van der Waals surface area contributed by atoms with Gasteiger partial charge >= 0.3 is 6.09 Å². The van der Waals surface area contributed by atoms with Crippen molar-refractivity contribution in [2.45, 2.75) is 48.6 Å². The highest BCUT2D eigenvalue weighted by atomic mass is 32.2. The summed E-state index contributed by atoms with van der Waals surface area (Å²) in [4.78, 5) is 29.0. The molecule has 1 saturated heterocycles. The molecule has 8 nitrogen and oxygen atoms in total. The third kappa shape index (κ3) is 5.17. The van der Waals surface area contributed by atoms with Crippen LogP contribution in [-0.2, 0) is 9.48 Å². The maximum atomic E-state index is 12.2. The molecular weight excluding hydrogens is 474 g/mol. The number of aromatic nitrogens is 3. The van der Waals surface area contributed by atoms with Crippen LogP contribution in [0, 0.1) is 0 Å². The standard InChI is InChI=1S/C27H29N5O3S/c1-18-17-34-14-13-32(18)24-15-22(27(11-12-27)36-21-8-9-21)29-25(31-24)19-7-10-23(28-16-19)30-26(33)35-20-5-3-2-4-6-20/h2-7,10,15-16,18,21H,8-9,11-14,17H2,1H3,(H,28,30,33). The average Bonchev–Trinajstić information content (AvgIpc) is 3.84. The summed E-state index contributed by atoms with van der Waals surface area (Å²) in [6, 6.07) is 15.0. The molecule has 2 aliphatic carbocycles. The fraction of sp³-hybridized carbons (Fsp3) is 0.407. The summed E-state index contributed by atoms with van der Waals surface area (Å²) in [5, 5.41) is 3.44. The largest absolute Gasteiger partial charge is 0.418 e. The Morgan fingerprint density at radius 3 is 2.69 bits per heavy atom. The van der Waals surface area contributed by atoms with Gasteiger partial charge in [-0.05, 0) is 56.9 Å². The SMILES string of the molecule is CC1COCCN1c1cc(C2(SC3CC3)CC2)nc(-c2ccc(NC(=O)Oc3ccccc3)nc2)n1. The molecule has 6 rings (SSSR count). The highest BCUT2D eigenvalue weighted by molar-refractivity contribution is 8.01. The minimum atomic E-state index is -0.587. The van der Waals surface area contributed by atoms with Crippen LogP contribution >= 0.6 is 11.8 Å². The molecule has 1 aromatic carbocycles. The predicted molar refractivity (Wildman–Crippen MR) is 141 cm³/mol. The minimum Gasteiger partial charge on any atom is -0.410 e. The number of anilines is 2. The van der Waals surface area contributed by atoms with Crippen LogP contribution in [0.1, 0.15) is 38.3 Å². The second kappa shape index (κ2) is 9.71. The molecule has 2 saturated carbocycles. The molecule has 1 amide bonds. The number of benzene rings is 1. The van der Waals surface area contributed by atoms with Gasteiger partial charge in [0.2, 0.25) is 0 Å². The second-order valence-corrected chi connectivity index (χ2v) is 11.3. The number of hydrogen-bond acceptors (Lipinski definition) is 8. The molecule has 3 aliphatic rings. The van der Waals surface area contributed by atoms with Crippen molar-refractivity contribution in [2.24, 2.45) is 0 Å². The molecule has 3 fully saturated rings. The van der Waals surface area contributed by atoms with Gasteiger partial charge in [-0.2, -0.15) is 0 Å². The number of nitrogens with zero attached hydrogens (tertiary/aromatic N) is 4. The van der Waals surface area contributed by atoms with Crippen molar-refractivity contribution in [3.05, 3.63) is 60.4 Å². The number of carbonyl (C=O) groups excluding carboxylic acids is 1. The molecule has 1 atom stereocenters. The van der Waals surface area contributed by atoms with Gasteiger partial charge in [-0.1, -0.05) is 18.2 Å². The number of carbonyl (C=O) groups is 1. The molecule has 0 bridgehead atoms. The van der Waals surface area contributed by atoms with Crippen LogP contribution in [0.15, 0.2) is 54.7 Å². The molecule has 9 heteroatoms. The molecule has 0 spiro atoms. The normalized spacial score (nSPS) is 20.6. The van der Waals surface area contributed by atoms with Crippen LogP contribution in [0.4, 0.5) is 16.4 Å². The molecule has 3 heterocycles. The van der Waals surface area contributed by atoms with Gasteiger partial charge in [0.25, 0.3) is 0 Å². The molecule has 2 aromatic heterocycles. The average molecular weight is 504 g/mol. The number of ether oxygens (including phenoxy) is 2. The molecule has 186 valence electrons. The molecular formula is C27H29N5O3S. The number of para-hydroxylation sites is 1. The van der Waals surface area contributed by atoms with Crippen LogP contribution in [0.5, 0.6) is 5.75 Å². The van der Waals surface area contributed by atoms with E-state index in [0.717, 1.165) is 41.7 Å². The quantitative estimate of drug-likeness (QED) is 0.467. The molecule has 1 aliphatic heterocycles. The molecule has 0 radical (unpaired) electrons. The van der Waals surface area contributed by atoms with Crippen LogP contribution in [0.2, 0.25) is 0 Å². The van der Waals surface area contributed by atoms with E-state index in [9.17, 15) is 4.79 Å². The van der Waals surface area contributed by atoms with Crippen molar-refractivity contribution in [3.63, 3.8) is 0 Å². The number of nitrogens with one attached hydrogen (secondary N) is 1. The maximum Gasteiger partial charge on any atom is 0.418 e. The lowest BCUT2D eigenvalue weighted by Crippen LogP contribution is -2.44. The summed E-state index contributed by atoms with van der Waals surface area (Å²) in [6.45, 7) is 4.37. The molecule has 1 N–H and O–H groups in total. The Morgan fingerprint density at radius 1 is 1.17 bits per heavy atom. The van der Waals surface area contributed by atoms with Gasteiger partial charge in [0.05, 0.1) is 29.7 Å². The lowest BCUT2D eigenvalue weighted by Gasteiger charge is -2.34. The van der Waals surface area contributed by atoms with E-state index in [2.05, 4.69) is 40.0 Å². The summed E-state index contributed by atoms with van der Waals surface area (Å²) in [7, 11) is 0. The zero-order valence-corrected chi connectivity index (χ0v) is 21.0. The Kier molecular flexibility index (Phi) is 6.27. The van der Waals surface area contributed by atoms with E-state index in [0.29, 0.717) is 30.6 Å². The lowest BCUT2D eigenvalue weighted by atomic mass is 10.2. The van der Waals surface area contributed by atoms with Gasteiger partial charge < -0.3 is 14.4 Å². The Bertz CT molecular complexity index is 1230. The van der Waals surface area contributed by atoms with Crippen LogP contribution in [-0.4, -0.2) is 52.1 Å². The summed E-state index contributed by atoms with van der Waals surface area (Å²) < 4.78 is 11.1. The van der Waals surface area contributed by atoms with Crippen molar-refractivity contribution in [3.8, 4) is 17.1 Å². The van der Waals surface area contributed by atoms with E-state index in [1.807, 2.05) is 24.3 Å². The van der Waals surface area contributed by atoms with Gasteiger partial charge in [0, 0.05) is 29.6 Å². The van der Waals surface area contributed by atoms with Gasteiger partial charge in [0.15, 0.2) is 5.82 Å². The first kappa shape index (κ1) is 23.2. The first-order valence-electron chi connectivity index (χ1n) is 12.5. The van der Waals surface area contributed by atoms with Crippen molar-refractivity contribution in [1.82, 2.24) is 15.0 Å². The van der Waals surface area contributed by atoms with E-state index in [-0.39, 0.29) is 10.8 Å². The number of pyridine rings is 1. The van der Waals surface area contributed by atoms with E-state index in [1.54, 1.807) is 24.4 Å². The highest BCUT2D eigenvalue weighted by Gasteiger charge is 2.50.